The fraction of sp³-hybridized carbons (Fsp3) is 0.130. The summed E-state index contributed by atoms with van der Waals surface area (Å²) in [5, 5.41) is 2.92. The fourth-order valence-corrected chi connectivity index (χ4v) is 3.09. The molecule has 0 atom stereocenters. The molecule has 0 aliphatic heterocycles. The predicted octanol–water partition coefficient (Wildman–Crippen LogP) is 4.38. The number of para-hydroxylation sites is 2. The fourth-order valence-electron chi connectivity index (χ4n) is 3.09. The summed E-state index contributed by atoms with van der Waals surface area (Å²) in [5.74, 6) is 1.84. The number of amides is 1. The molecular weight excluding hydrogens is 366 g/mol. The van der Waals surface area contributed by atoms with E-state index in [0.29, 0.717) is 24.7 Å². The van der Waals surface area contributed by atoms with Crippen molar-refractivity contribution in [1.29, 1.82) is 0 Å². The molecule has 0 aliphatic carbocycles. The Morgan fingerprint density at radius 1 is 0.931 bits per heavy atom. The van der Waals surface area contributed by atoms with E-state index in [2.05, 4.69) is 10.3 Å². The van der Waals surface area contributed by atoms with Gasteiger partial charge in [0.15, 0.2) is 0 Å². The van der Waals surface area contributed by atoms with Gasteiger partial charge in [0.2, 0.25) is 5.95 Å². The van der Waals surface area contributed by atoms with Gasteiger partial charge in [-0.3, -0.25) is 10.1 Å². The molecule has 0 unspecified atom stereocenters. The van der Waals surface area contributed by atoms with Crippen LogP contribution in [0.5, 0.6) is 11.5 Å². The van der Waals surface area contributed by atoms with Crippen LogP contribution < -0.4 is 14.8 Å². The van der Waals surface area contributed by atoms with Crippen LogP contribution in [0.25, 0.3) is 11.0 Å². The van der Waals surface area contributed by atoms with Crippen molar-refractivity contribution in [3.8, 4) is 11.5 Å². The molecule has 0 spiro atoms. The van der Waals surface area contributed by atoms with E-state index in [-0.39, 0.29) is 5.91 Å². The molecule has 1 aromatic heterocycles. The quantitative estimate of drug-likeness (QED) is 0.511. The highest BCUT2D eigenvalue weighted by atomic mass is 16.5. The van der Waals surface area contributed by atoms with E-state index in [1.54, 1.807) is 19.2 Å². The number of carbonyl (C=O) groups excluding carboxylic acids is 1. The van der Waals surface area contributed by atoms with Gasteiger partial charge in [0.1, 0.15) is 18.1 Å². The molecule has 0 saturated heterocycles. The SMILES string of the molecule is COc1ccc(OCCn2c(NC(=O)c3ccccc3)nc3ccccc32)cc1. The number of aromatic nitrogens is 2. The Morgan fingerprint density at radius 3 is 2.38 bits per heavy atom. The summed E-state index contributed by atoms with van der Waals surface area (Å²) in [5.41, 5.74) is 2.34. The first-order valence-electron chi connectivity index (χ1n) is 9.33. The lowest BCUT2D eigenvalue weighted by Crippen LogP contribution is -2.17. The number of nitrogens with one attached hydrogen (secondary N) is 1. The zero-order valence-corrected chi connectivity index (χ0v) is 16.0. The molecule has 0 fully saturated rings. The molecule has 0 aliphatic rings. The highest BCUT2D eigenvalue weighted by molar-refractivity contribution is 6.04. The van der Waals surface area contributed by atoms with E-state index in [4.69, 9.17) is 9.47 Å². The van der Waals surface area contributed by atoms with Gasteiger partial charge >= 0.3 is 0 Å². The maximum absolute atomic E-state index is 12.6. The third-order valence-electron chi connectivity index (χ3n) is 4.56. The normalized spacial score (nSPS) is 10.7. The van der Waals surface area contributed by atoms with Gasteiger partial charge in [-0.1, -0.05) is 30.3 Å². The molecule has 0 bridgehead atoms. The Morgan fingerprint density at radius 2 is 1.62 bits per heavy atom. The third kappa shape index (κ3) is 4.21. The van der Waals surface area contributed by atoms with Crippen LogP contribution in [-0.4, -0.2) is 29.2 Å². The standard InChI is InChI=1S/C23H21N3O3/c1-28-18-11-13-19(14-12-18)29-16-15-26-21-10-6-5-9-20(21)24-23(26)25-22(27)17-7-3-2-4-8-17/h2-14H,15-16H2,1H3,(H,24,25,27). The summed E-state index contributed by atoms with van der Waals surface area (Å²) in [6, 6.07) is 24.3. The van der Waals surface area contributed by atoms with Gasteiger partial charge in [-0.25, -0.2) is 4.98 Å². The smallest absolute Gasteiger partial charge is 0.257 e. The maximum Gasteiger partial charge on any atom is 0.257 e. The monoisotopic (exact) mass is 387 g/mol. The molecular formula is C23H21N3O3. The van der Waals surface area contributed by atoms with Crippen LogP contribution in [0.3, 0.4) is 0 Å². The van der Waals surface area contributed by atoms with E-state index < -0.39 is 0 Å². The number of benzene rings is 3. The number of rotatable bonds is 7. The summed E-state index contributed by atoms with van der Waals surface area (Å²) < 4.78 is 13.0. The van der Waals surface area contributed by atoms with Gasteiger partial charge in [-0.05, 0) is 48.5 Å². The van der Waals surface area contributed by atoms with Crippen molar-refractivity contribution in [2.24, 2.45) is 0 Å². The van der Waals surface area contributed by atoms with Crippen molar-refractivity contribution in [2.75, 3.05) is 19.0 Å². The van der Waals surface area contributed by atoms with Crippen LogP contribution in [0.1, 0.15) is 10.4 Å². The first-order valence-corrected chi connectivity index (χ1v) is 9.33. The molecule has 0 radical (unpaired) electrons. The summed E-state index contributed by atoms with van der Waals surface area (Å²) >= 11 is 0. The molecule has 6 heteroatoms. The third-order valence-corrected chi connectivity index (χ3v) is 4.56. The molecule has 1 heterocycles. The topological polar surface area (TPSA) is 65.4 Å². The van der Waals surface area contributed by atoms with E-state index in [9.17, 15) is 4.79 Å². The first kappa shape index (κ1) is 18.6. The van der Waals surface area contributed by atoms with Crippen molar-refractivity contribution in [3.05, 3.63) is 84.4 Å². The van der Waals surface area contributed by atoms with Crippen molar-refractivity contribution < 1.29 is 14.3 Å². The highest BCUT2D eigenvalue weighted by Crippen LogP contribution is 2.21. The number of hydrogen-bond donors (Lipinski definition) is 1. The average molecular weight is 387 g/mol. The number of ether oxygens (including phenoxy) is 2. The van der Waals surface area contributed by atoms with Crippen LogP contribution in [0.2, 0.25) is 0 Å². The van der Waals surface area contributed by atoms with E-state index in [0.717, 1.165) is 22.5 Å². The van der Waals surface area contributed by atoms with Crippen LogP contribution >= 0.6 is 0 Å². The molecule has 6 nitrogen and oxygen atoms in total. The molecule has 3 aromatic carbocycles. The van der Waals surface area contributed by atoms with Crippen LogP contribution in [-0.2, 0) is 6.54 Å². The van der Waals surface area contributed by atoms with E-state index in [1.807, 2.05) is 71.3 Å². The van der Waals surface area contributed by atoms with Gasteiger partial charge < -0.3 is 14.0 Å². The molecule has 0 saturated carbocycles. The lowest BCUT2D eigenvalue weighted by Gasteiger charge is -2.12. The number of carbonyl (C=O) groups is 1. The Bertz CT molecular complexity index is 1110. The Kier molecular flexibility index (Phi) is 5.42. The first-order chi connectivity index (χ1) is 14.2. The number of anilines is 1. The second kappa shape index (κ2) is 8.48. The van der Waals surface area contributed by atoms with Gasteiger partial charge in [0.05, 0.1) is 24.7 Å². The van der Waals surface area contributed by atoms with Gasteiger partial charge in [0, 0.05) is 5.56 Å². The van der Waals surface area contributed by atoms with Crippen molar-refractivity contribution in [3.63, 3.8) is 0 Å². The lowest BCUT2D eigenvalue weighted by molar-refractivity contribution is 0.102. The van der Waals surface area contributed by atoms with Crippen LogP contribution in [0.4, 0.5) is 5.95 Å². The van der Waals surface area contributed by atoms with Crippen LogP contribution in [0.15, 0.2) is 78.9 Å². The van der Waals surface area contributed by atoms with Gasteiger partial charge in [-0.15, -0.1) is 0 Å². The van der Waals surface area contributed by atoms with Crippen molar-refractivity contribution >= 4 is 22.9 Å². The molecule has 1 N–H and O–H groups in total. The predicted molar refractivity (Wildman–Crippen MR) is 113 cm³/mol. The minimum atomic E-state index is -0.196. The Balaban J connectivity index is 1.52. The summed E-state index contributed by atoms with van der Waals surface area (Å²) in [7, 11) is 1.63. The average Bonchev–Trinajstić information content (AvgIpc) is 3.12. The van der Waals surface area contributed by atoms with E-state index in [1.165, 1.54) is 0 Å². The molecule has 146 valence electrons. The molecule has 29 heavy (non-hydrogen) atoms. The molecule has 4 aromatic rings. The molecule has 4 rings (SSSR count). The minimum Gasteiger partial charge on any atom is -0.497 e. The Hall–Kier alpha value is -3.80. The summed E-state index contributed by atoms with van der Waals surface area (Å²) in [6.45, 7) is 0.970. The highest BCUT2D eigenvalue weighted by Gasteiger charge is 2.14. The number of nitrogens with zero attached hydrogens (tertiary/aromatic N) is 2. The van der Waals surface area contributed by atoms with Gasteiger partial charge in [-0.2, -0.15) is 0 Å². The maximum atomic E-state index is 12.6. The van der Waals surface area contributed by atoms with E-state index >= 15 is 0 Å². The zero-order valence-electron chi connectivity index (χ0n) is 16.0. The number of fused-ring (bicyclic) bond motifs is 1. The second-order valence-corrected chi connectivity index (χ2v) is 6.42. The summed E-state index contributed by atoms with van der Waals surface area (Å²) in [6.07, 6.45) is 0. The van der Waals surface area contributed by atoms with Crippen molar-refractivity contribution in [1.82, 2.24) is 9.55 Å². The number of methoxy groups -OCH3 is 1. The lowest BCUT2D eigenvalue weighted by atomic mass is 10.2. The second-order valence-electron chi connectivity index (χ2n) is 6.42. The summed E-state index contributed by atoms with van der Waals surface area (Å²) in [4.78, 5) is 17.2. The van der Waals surface area contributed by atoms with Gasteiger partial charge in [0.25, 0.3) is 5.91 Å². The van der Waals surface area contributed by atoms with Crippen molar-refractivity contribution in [2.45, 2.75) is 6.54 Å². The largest absolute Gasteiger partial charge is 0.497 e. The van der Waals surface area contributed by atoms with Crippen LogP contribution in [0, 0.1) is 0 Å². The number of hydrogen-bond acceptors (Lipinski definition) is 4. The zero-order chi connectivity index (χ0) is 20.1. The number of imidazole rings is 1. The molecule has 1 amide bonds. The Labute approximate surface area is 168 Å². The minimum absolute atomic E-state index is 0.196.